The number of hydrogen-bond donors (Lipinski definition) is 1. The van der Waals surface area contributed by atoms with E-state index in [1.54, 1.807) is 31.3 Å². The molecule has 0 fully saturated rings. The molecule has 0 spiro atoms. The van der Waals surface area contributed by atoms with E-state index in [2.05, 4.69) is 28.2 Å². The third kappa shape index (κ3) is 5.61. The van der Waals surface area contributed by atoms with Gasteiger partial charge in [-0.05, 0) is 63.3 Å². The van der Waals surface area contributed by atoms with Crippen LogP contribution in [-0.2, 0) is 14.3 Å². The molecule has 1 N–H and O–H groups in total. The molecular formula is C22H28N2O5S. The van der Waals surface area contributed by atoms with Crippen molar-refractivity contribution in [1.82, 2.24) is 5.32 Å². The van der Waals surface area contributed by atoms with Crippen LogP contribution in [0.2, 0.25) is 0 Å². The fourth-order valence-electron chi connectivity index (χ4n) is 2.84. The van der Waals surface area contributed by atoms with Crippen LogP contribution in [0.25, 0.3) is 17.0 Å². The van der Waals surface area contributed by atoms with Gasteiger partial charge >= 0.3 is 5.63 Å². The molecule has 0 bridgehead atoms. The molecule has 1 aromatic carbocycles. The Kier molecular flexibility index (Phi) is 8.02. The van der Waals surface area contributed by atoms with Crippen molar-refractivity contribution in [2.24, 2.45) is 0 Å². The molecule has 0 radical (unpaired) electrons. The lowest BCUT2D eigenvalue weighted by molar-refractivity contribution is 0.404. The molecule has 0 aliphatic carbocycles. The van der Waals surface area contributed by atoms with Crippen molar-refractivity contribution in [2.45, 2.75) is 20.8 Å². The van der Waals surface area contributed by atoms with Crippen molar-refractivity contribution in [3.63, 3.8) is 0 Å². The maximum absolute atomic E-state index is 12.4. The van der Waals surface area contributed by atoms with E-state index in [0.717, 1.165) is 31.3 Å². The van der Waals surface area contributed by atoms with E-state index in [-0.39, 0.29) is 4.91 Å². The minimum absolute atomic E-state index is 0.0698. The second kappa shape index (κ2) is 10.3. The minimum atomic E-state index is -3.72. The predicted octanol–water partition coefficient (Wildman–Crippen LogP) is 3.64. The van der Waals surface area contributed by atoms with Crippen molar-refractivity contribution in [2.75, 3.05) is 32.1 Å². The van der Waals surface area contributed by atoms with Crippen LogP contribution in [-0.4, -0.2) is 35.7 Å². The van der Waals surface area contributed by atoms with Crippen LogP contribution in [0.4, 0.5) is 5.69 Å². The zero-order chi connectivity index (χ0) is 22.3. The summed E-state index contributed by atoms with van der Waals surface area (Å²) in [5, 5.41) is 3.76. The Morgan fingerprint density at radius 1 is 1.20 bits per heavy atom. The molecule has 0 aliphatic rings. The highest BCUT2D eigenvalue weighted by Gasteiger charge is 2.10. The first kappa shape index (κ1) is 23.4. The number of hydrogen-bond acceptors (Lipinski definition) is 7. The molecule has 0 aliphatic heterocycles. The highest BCUT2D eigenvalue weighted by atomic mass is 32.2. The van der Waals surface area contributed by atoms with Crippen LogP contribution >= 0.6 is 0 Å². The van der Waals surface area contributed by atoms with Crippen LogP contribution < -0.4 is 15.8 Å². The fourth-order valence-corrected chi connectivity index (χ4v) is 3.34. The van der Waals surface area contributed by atoms with Crippen molar-refractivity contribution >= 4 is 32.9 Å². The second-order valence-corrected chi connectivity index (χ2v) is 8.37. The van der Waals surface area contributed by atoms with Crippen molar-refractivity contribution in [1.29, 1.82) is 0 Å². The van der Waals surface area contributed by atoms with E-state index in [4.69, 9.17) is 4.42 Å². The molecule has 1 aromatic heterocycles. The van der Waals surface area contributed by atoms with Crippen LogP contribution in [0.1, 0.15) is 26.3 Å². The average Bonchev–Trinajstić information content (AvgIpc) is 2.74. The van der Waals surface area contributed by atoms with Gasteiger partial charge in [0.1, 0.15) is 5.58 Å². The standard InChI is InChI=1S/C22H28N2O5S/c1-6-24(7-2)20-13-10-17-14-18(22(25)29-21(17)15-20)9-12-19(23-4)11-8-16(3)30(26,27)28-5/h8-15,23H,6-7H2,1-5H3/b12-9+,16-8+,19-11-. The monoisotopic (exact) mass is 432 g/mol. The van der Waals surface area contributed by atoms with Gasteiger partial charge in [-0.2, -0.15) is 8.42 Å². The molecule has 0 unspecified atom stereocenters. The number of nitrogens with zero attached hydrogens (tertiary/aromatic N) is 1. The molecule has 30 heavy (non-hydrogen) atoms. The van der Waals surface area contributed by atoms with E-state index in [0.29, 0.717) is 16.8 Å². The first-order chi connectivity index (χ1) is 14.2. The largest absolute Gasteiger partial charge is 0.422 e. The zero-order valence-corrected chi connectivity index (χ0v) is 18.7. The summed E-state index contributed by atoms with van der Waals surface area (Å²) in [5.74, 6) is 0. The van der Waals surface area contributed by atoms with Crippen LogP contribution in [0.15, 0.2) is 62.3 Å². The summed E-state index contributed by atoms with van der Waals surface area (Å²) in [6.45, 7) is 7.33. The smallest absolute Gasteiger partial charge is 0.343 e. The number of benzene rings is 1. The second-order valence-electron chi connectivity index (χ2n) is 6.49. The van der Waals surface area contributed by atoms with Crippen LogP contribution in [0.3, 0.4) is 0 Å². The Bertz CT molecular complexity index is 1140. The normalized spacial score (nSPS) is 13.2. The number of rotatable bonds is 9. The molecule has 0 atom stereocenters. The molecule has 1 heterocycles. The summed E-state index contributed by atoms with van der Waals surface area (Å²) in [7, 11) is -0.911. The molecule has 7 nitrogen and oxygen atoms in total. The Morgan fingerprint density at radius 3 is 2.50 bits per heavy atom. The lowest BCUT2D eigenvalue weighted by atomic mass is 10.1. The fraction of sp³-hybridized carbons (Fsp3) is 0.318. The Morgan fingerprint density at radius 2 is 1.90 bits per heavy atom. The van der Waals surface area contributed by atoms with E-state index >= 15 is 0 Å². The summed E-state index contributed by atoms with van der Waals surface area (Å²) in [6, 6.07) is 7.58. The number of nitrogens with one attached hydrogen (secondary N) is 1. The highest BCUT2D eigenvalue weighted by Crippen LogP contribution is 2.22. The van der Waals surface area contributed by atoms with Gasteiger partial charge in [0.05, 0.1) is 17.6 Å². The van der Waals surface area contributed by atoms with E-state index in [9.17, 15) is 13.2 Å². The molecular weight excluding hydrogens is 404 g/mol. The minimum Gasteiger partial charge on any atom is -0.422 e. The molecule has 0 saturated carbocycles. The topological polar surface area (TPSA) is 88.9 Å². The average molecular weight is 433 g/mol. The number of allylic oxidation sites excluding steroid dienone is 4. The molecule has 8 heteroatoms. The zero-order valence-electron chi connectivity index (χ0n) is 17.9. The quantitative estimate of drug-likeness (QED) is 0.368. The third-order valence-corrected chi connectivity index (χ3v) is 6.08. The Labute approximate surface area is 177 Å². The van der Waals surface area contributed by atoms with Gasteiger partial charge in [-0.3, -0.25) is 4.18 Å². The first-order valence-electron chi connectivity index (χ1n) is 9.63. The van der Waals surface area contributed by atoms with Crippen molar-refractivity contribution in [3.8, 4) is 0 Å². The predicted molar refractivity (Wildman–Crippen MR) is 122 cm³/mol. The van der Waals surface area contributed by atoms with E-state index in [1.807, 2.05) is 18.2 Å². The molecule has 162 valence electrons. The summed E-state index contributed by atoms with van der Waals surface area (Å²) in [5.41, 5.74) is 2.10. The van der Waals surface area contributed by atoms with Gasteiger partial charge in [0.2, 0.25) is 0 Å². The summed E-state index contributed by atoms with van der Waals surface area (Å²) >= 11 is 0. The molecule has 0 saturated heterocycles. The maximum Gasteiger partial charge on any atom is 0.343 e. The lowest BCUT2D eigenvalue weighted by Crippen LogP contribution is -2.21. The molecule has 0 amide bonds. The lowest BCUT2D eigenvalue weighted by Gasteiger charge is -2.20. The van der Waals surface area contributed by atoms with Gasteiger partial charge < -0.3 is 14.6 Å². The van der Waals surface area contributed by atoms with Crippen LogP contribution in [0.5, 0.6) is 0 Å². The Hall–Kier alpha value is -2.84. The van der Waals surface area contributed by atoms with E-state index in [1.165, 1.54) is 13.0 Å². The maximum atomic E-state index is 12.4. The summed E-state index contributed by atoms with van der Waals surface area (Å²) in [4.78, 5) is 14.7. The van der Waals surface area contributed by atoms with Gasteiger partial charge in [-0.15, -0.1) is 0 Å². The number of anilines is 1. The van der Waals surface area contributed by atoms with Gasteiger partial charge in [0, 0.05) is 43.0 Å². The first-order valence-corrected chi connectivity index (χ1v) is 11.0. The highest BCUT2D eigenvalue weighted by molar-refractivity contribution is 7.90. The third-order valence-electron chi connectivity index (χ3n) is 4.72. The Balaban J connectivity index is 2.36. The van der Waals surface area contributed by atoms with Crippen LogP contribution in [0, 0.1) is 0 Å². The number of likely N-dealkylation sites (N-methyl/N-ethyl adjacent to an activating group) is 1. The molecule has 2 aromatic rings. The SMILES string of the molecule is CCN(CC)c1ccc2cc(/C=C/C(=C/C=C(\C)S(=O)(=O)OC)NC)c(=O)oc2c1. The van der Waals surface area contributed by atoms with Gasteiger partial charge in [0.15, 0.2) is 0 Å². The van der Waals surface area contributed by atoms with E-state index < -0.39 is 15.7 Å². The summed E-state index contributed by atoms with van der Waals surface area (Å²) in [6.07, 6.45) is 6.31. The van der Waals surface area contributed by atoms with Gasteiger partial charge in [0.25, 0.3) is 10.1 Å². The summed E-state index contributed by atoms with van der Waals surface area (Å²) < 4.78 is 33.3. The van der Waals surface area contributed by atoms with Gasteiger partial charge in [-0.1, -0.05) is 0 Å². The van der Waals surface area contributed by atoms with Crippen molar-refractivity contribution < 1.29 is 17.0 Å². The number of fused-ring (bicyclic) bond motifs is 1. The van der Waals surface area contributed by atoms with Gasteiger partial charge in [-0.25, -0.2) is 4.79 Å². The van der Waals surface area contributed by atoms with Crippen molar-refractivity contribution in [3.05, 3.63) is 69.1 Å². The molecule has 2 rings (SSSR count).